The van der Waals surface area contributed by atoms with Crippen LogP contribution >= 0.6 is 0 Å². The summed E-state index contributed by atoms with van der Waals surface area (Å²) in [5, 5.41) is 0. The highest BCUT2D eigenvalue weighted by Gasteiger charge is 2.08. The normalized spacial score (nSPS) is 10.3. The highest BCUT2D eigenvalue weighted by Crippen LogP contribution is 1.99. The molecule has 0 aliphatic carbocycles. The SMILES string of the molecule is CCOC(=O)Cc1nc(CCCOC)cc(=O)[nH]1. The molecule has 0 amide bonds. The van der Waals surface area contributed by atoms with Crippen LogP contribution in [0.4, 0.5) is 0 Å². The Balaban J connectivity index is 2.68. The van der Waals surface area contributed by atoms with Crippen LogP contribution in [0.3, 0.4) is 0 Å². The number of methoxy groups -OCH3 is 1. The molecule has 0 aliphatic heterocycles. The van der Waals surface area contributed by atoms with Gasteiger partial charge in [0.15, 0.2) is 0 Å². The largest absolute Gasteiger partial charge is 0.466 e. The Hall–Kier alpha value is -1.69. The number of aromatic nitrogens is 2. The van der Waals surface area contributed by atoms with Crippen LogP contribution in [0.2, 0.25) is 0 Å². The van der Waals surface area contributed by atoms with Crippen LogP contribution in [0.25, 0.3) is 0 Å². The van der Waals surface area contributed by atoms with E-state index in [9.17, 15) is 9.59 Å². The Labute approximate surface area is 105 Å². The van der Waals surface area contributed by atoms with Gasteiger partial charge in [0, 0.05) is 25.5 Å². The summed E-state index contributed by atoms with van der Waals surface area (Å²) < 4.78 is 9.74. The van der Waals surface area contributed by atoms with Crippen molar-refractivity contribution in [1.29, 1.82) is 0 Å². The second kappa shape index (κ2) is 7.60. The number of esters is 1. The number of rotatable bonds is 7. The summed E-state index contributed by atoms with van der Waals surface area (Å²) in [5.74, 6) is -0.0527. The van der Waals surface area contributed by atoms with Crippen LogP contribution in [0.15, 0.2) is 10.9 Å². The molecule has 18 heavy (non-hydrogen) atoms. The maximum absolute atomic E-state index is 11.4. The van der Waals surface area contributed by atoms with Gasteiger partial charge in [-0.2, -0.15) is 0 Å². The zero-order valence-corrected chi connectivity index (χ0v) is 10.7. The van der Waals surface area contributed by atoms with Gasteiger partial charge in [0.25, 0.3) is 5.56 Å². The van der Waals surface area contributed by atoms with Gasteiger partial charge in [-0.15, -0.1) is 0 Å². The molecule has 100 valence electrons. The molecule has 1 N–H and O–H groups in total. The van der Waals surface area contributed by atoms with Crippen molar-refractivity contribution in [2.45, 2.75) is 26.2 Å². The number of hydrogen-bond acceptors (Lipinski definition) is 5. The lowest BCUT2D eigenvalue weighted by Crippen LogP contribution is -2.17. The lowest BCUT2D eigenvalue weighted by molar-refractivity contribution is -0.142. The molecule has 6 heteroatoms. The summed E-state index contributed by atoms with van der Waals surface area (Å²) in [6.45, 7) is 2.66. The zero-order chi connectivity index (χ0) is 13.4. The molecule has 0 aliphatic rings. The van der Waals surface area contributed by atoms with Gasteiger partial charge in [0.2, 0.25) is 0 Å². The number of H-pyrrole nitrogens is 1. The van der Waals surface area contributed by atoms with Crippen molar-refractivity contribution in [1.82, 2.24) is 9.97 Å². The average Bonchev–Trinajstić information content (AvgIpc) is 2.28. The van der Waals surface area contributed by atoms with Gasteiger partial charge in [0.05, 0.1) is 6.61 Å². The number of nitrogens with one attached hydrogen (secondary N) is 1. The Morgan fingerprint density at radius 2 is 2.28 bits per heavy atom. The minimum absolute atomic E-state index is 0.0127. The van der Waals surface area contributed by atoms with Crippen molar-refractivity contribution in [3.63, 3.8) is 0 Å². The Kier molecular flexibility index (Phi) is 6.07. The lowest BCUT2D eigenvalue weighted by Gasteiger charge is -2.04. The third kappa shape index (κ3) is 5.09. The van der Waals surface area contributed by atoms with Gasteiger partial charge in [0.1, 0.15) is 12.2 Å². The summed E-state index contributed by atoms with van der Waals surface area (Å²) in [4.78, 5) is 29.4. The molecule has 1 aromatic rings. The maximum atomic E-state index is 11.4. The molecule has 0 saturated carbocycles. The number of aromatic amines is 1. The van der Waals surface area contributed by atoms with Crippen molar-refractivity contribution in [3.05, 3.63) is 27.9 Å². The molecule has 1 aromatic heterocycles. The standard InChI is InChI=1S/C12H18N2O4/c1-3-18-12(16)8-10-13-9(5-4-6-17-2)7-11(15)14-10/h7H,3-6,8H2,1-2H3,(H,13,14,15). The van der Waals surface area contributed by atoms with Gasteiger partial charge in [-0.3, -0.25) is 9.59 Å². The first-order valence-corrected chi connectivity index (χ1v) is 5.89. The molecule has 0 atom stereocenters. The van der Waals surface area contributed by atoms with Gasteiger partial charge < -0.3 is 14.5 Å². The van der Waals surface area contributed by atoms with E-state index in [-0.39, 0.29) is 12.0 Å². The van der Waals surface area contributed by atoms with Crippen molar-refractivity contribution >= 4 is 5.97 Å². The van der Waals surface area contributed by atoms with Gasteiger partial charge in [-0.25, -0.2) is 4.98 Å². The van der Waals surface area contributed by atoms with Crippen LogP contribution in [0, 0.1) is 0 Å². The molecule has 1 heterocycles. The first kappa shape index (κ1) is 14.4. The molecule has 6 nitrogen and oxygen atoms in total. The number of carbonyl (C=O) groups is 1. The van der Waals surface area contributed by atoms with Gasteiger partial charge >= 0.3 is 5.97 Å². The molecule has 0 spiro atoms. The van der Waals surface area contributed by atoms with Crippen molar-refractivity contribution in [2.75, 3.05) is 20.3 Å². The number of hydrogen-bond donors (Lipinski definition) is 1. The third-order valence-corrected chi connectivity index (χ3v) is 2.24. The first-order chi connectivity index (χ1) is 8.65. The highest BCUT2D eigenvalue weighted by atomic mass is 16.5. The van der Waals surface area contributed by atoms with Crippen LogP contribution in [0.1, 0.15) is 24.9 Å². The zero-order valence-electron chi connectivity index (χ0n) is 10.7. The first-order valence-electron chi connectivity index (χ1n) is 5.89. The van der Waals surface area contributed by atoms with Crippen molar-refractivity contribution in [3.8, 4) is 0 Å². The van der Waals surface area contributed by atoms with Crippen LogP contribution in [-0.4, -0.2) is 36.3 Å². The van der Waals surface area contributed by atoms with Crippen LogP contribution in [-0.2, 0) is 27.1 Å². The lowest BCUT2D eigenvalue weighted by atomic mass is 10.2. The topological polar surface area (TPSA) is 81.3 Å². The second-order valence-corrected chi connectivity index (χ2v) is 3.76. The van der Waals surface area contributed by atoms with E-state index in [4.69, 9.17) is 9.47 Å². The highest BCUT2D eigenvalue weighted by molar-refractivity contribution is 5.71. The van der Waals surface area contributed by atoms with E-state index in [2.05, 4.69) is 9.97 Å². The molecule has 0 fully saturated rings. The van der Waals surface area contributed by atoms with E-state index in [1.165, 1.54) is 6.07 Å². The van der Waals surface area contributed by atoms with Crippen molar-refractivity contribution in [2.24, 2.45) is 0 Å². The molecule has 1 rings (SSSR count). The molecule has 0 bridgehead atoms. The summed E-state index contributed by atoms with van der Waals surface area (Å²) in [6, 6.07) is 1.43. The number of nitrogens with zero attached hydrogens (tertiary/aromatic N) is 1. The number of ether oxygens (including phenoxy) is 2. The smallest absolute Gasteiger partial charge is 0.313 e. The van der Waals surface area contributed by atoms with Gasteiger partial charge in [-0.1, -0.05) is 0 Å². The molecule has 0 aromatic carbocycles. The van der Waals surface area contributed by atoms with Crippen molar-refractivity contribution < 1.29 is 14.3 Å². The minimum Gasteiger partial charge on any atom is -0.466 e. The summed E-state index contributed by atoms with van der Waals surface area (Å²) >= 11 is 0. The number of aryl methyl sites for hydroxylation is 1. The average molecular weight is 254 g/mol. The van der Waals surface area contributed by atoms with Crippen LogP contribution < -0.4 is 5.56 Å². The monoisotopic (exact) mass is 254 g/mol. The fourth-order valence-corrected chi connectivity index (χ4v) is 1.52. The molecule has 0 unspecified atom stereocenters. The molecular weight excluding hydrogens is 236 g/mol. The fraction of sp³-hybridized carbons (Fsp3) is 0.583. The van der Waals surface area contributed by atoms with E-state index < -0.39 is 5.97 Å². The molecule has 0 radical (unpaired) electrons. The van der Waals surface area contributed by atoms with E-state index in [0.29, 0.717) is 31.2 Å². The summed E-state index contributed by atoms with van der Waals surface area (Å²) in [7, 11) is 1.62. The molecule has 0 saturated heterocycles. The number of carbonyl (C=O) groups excluding carboxylic acids is 1. The van der Waals surface area contributed by atoms with Crippen LogP contribution in [0.5, 0.6) is 0 Å². The van der Waals surface area contributed by atoms with E-state index in [0.717, 1.165) is 6.42 Å². The molecular formula is C12H18N2O4. The minimum atomic E-state index is -0.394. The second-order valence-electron chi connectivity index (χ2n) is 3.76. The van der Waals surface area contributed by atoms with Gasteiger partial charge in [-0.05, 0) is 19.8 Å². The van der Waals surface area contributed by atoms with E-state index >= 15 is 0 Å². The Bertz CT molecular complexity index is 442. The Morgan fingerprint density at radius 1 is 1.50 bits per heavy atom. The Morgan fingerprint density at radius 3 is 2.94 bits per heavy atom. The summed E-state index contributed by atoms with van der Waals surface area (Å²) in [5.41, 5.74) is 0.409. The van der Waals surface area contributed by atoms with E-state index in [1.807, 2.05) is 0 Å². The fourth-order valence-electron chi connectivity index (χ4n) is 1.52. The predicted molar refractivity (Wildman–Crippen MR) is 65.4 cm³/mol. The van der Waals surface area contributed by atoms with E-state index in [1.54, 1.807) is 14.0 Å². The maximum Gasteiger partial charge on any atom is 0.313 e. The third-order valence-electron chi connectivity index (χ3n) is 2.24. The summed E-state index contributed by atoms with van der Waals surface area (Å²) in [6.07, 6.45) is 1.42. The quantitative estimate of drug-likeness (QED) is 0.564. The predicted octanol–water partition coefficient (Wildman–Crippen LogP) is 0.454.